The third-order valence-corrected chi connectivity index (χ3v) is 7.34. The molecule has 4 rings (SSSR count). The summed E-state index contributed by atoms with van der Waals surface area (Å²) in [5, 5.41) is 6.60. The lowest BCUT2D eigenvalue weighted by Crippen LogP contribution is -2.16. The summed E-state index contributed by atoms with van der Waals surface area (Å²) >= 11 is 6.20. The van der Waals surface area contributed by atoms with Crippen molar-refractivity contribution in [1.29, 1.82) is 0 Å². The van der Waals surface area contributed by atoms with Crippen LogP contribution in [0.2, 0.25) is 5.02 Å². The maximum Gasteiger partial charge on any atom is 0.263 e. The second kappa shape index (κ2) is 10.9. The number of para-hydroxylation sites is 2. The molecule has 4 aromatic rings. The third-order valence-electron chi connectivity index (χ3n) is 5.49. The van der Waals surface area contributed by atoms with Gasteiger partial charge in [-0.05, 0) is 62.4 Å². The lowest BCUT2D eigenvalue weighted by Gasteiger charge is -2.14. The average Bonchev–Trinajstić information content (AvgIpc) is 3.20. The number of halogens is 1. The molecule has 0 aliphatic carbocycles. The molecule has 2 N–H and O–H groups in total. The van der Waals surface area contributed by atoms with Gasteiger partial charge in [0.05, 0.1) is 29.1 Å². The highest BCUT2D eigenvalue weighted by Gasteiger charge is 2.21. The van der Waals surface area contributed by atoms with Crippen LogP contribution >= 0.6 is 11.6 Å². The SMILES string of the molecule is COc1ccccc1NS(=O)(=O)c1cc(NC(=O)c2cccc(OCc3c(C)noc3C)c2)ccc1Cl. The van der Waals surface area contributed by atoms with Crippen LogP contribution in [0.25, 0.3) is 0 Å². The molecule has 3 aromatic carbocycles. The number of methoxy groups -OCH3 is 1. The van der Waals surface area contributed by atoms with Crippen molar-refractivity contribution < 1.29 is 27.2 Å². The largest absolute Gasteiger partial charge is 0.495 e. The Morgan fingerprint density at radius 3 is 2.57 bits per heavy atom. The van der Waals surface area contributed by atoms with Gasteiger partial charge in [0.25, 0.3) is 15.9 Å². The fourth-order valence-electron chi connectivity index (χ4n) is 3.51. The minimum absolute atomic E-state index is 0.00452. The number of amides is 1. The van der Waals surface area contributed by atoms with E-state index >= 15 is 0 Å². The Morgan fingerprint density at radius 2 is 1.84 bits per heavy atom. The molecule has 1 amide bonds. The number of rotatable bonds is 9. The highest BCUT2D eigenvalue weighted by Crippen LogP contribution is 2.30. The van der Waals surface area contributed by atoms with E-state index in [0.29, 0.717) is 22.8 Å². The number of anilines is 2. The predicted molar refractivity (Wildman–Crippen MR) is 140 cm³/mol. The fraction of sp³-hybridized carbons (Fsp3) is 0.154. The zero-order chi connectivity index (χ0) is 26.6. The highest BCUT2D eigenvalue weighted by molar-refractivity contribution is 7.92. The smallest absolute Gasteiger partial charge is 0.263 e. The molecule has 0 aliphatic heterocycles. The first-order valence-corrected chi connectivity index (χ1v) is 13.0. The second-order valence-electron chi connectivity index (χ2n) is 8.02. The van der Waals surface area contributed by atoms with Gasteiger partial charge in [0.2, 0.25) is 0 Å². The molecule has 0 saturated carbocycles. The van der Waals surface area contributed by atoms with Gasteiger partial charge in [-0.15, -0.1) is 0 Å². The van der Waals surface area contributed by atoms with Crippen LogP contribution in [-0.2, 0) is 16.6 Å². The highest BCUT2D eigenvalue weighted by atomic mass is 35.5. The Bertz CT molecular complexity index is 1530. The number of hydrogen-bond donors (Lipinski definition) is 2. The number of nitrogens with zero attached hydrogens (tertiary/aromatic N) is 1. The van der Waals surface area contributed by atoms with Gasteiger partial charge in [0, 0.05) is 11.3 Å². The van der Waals surface area contributed by atoms with Crippen molar-refractivity contribution in [3.05, 3.63) is 94.3 Å². The van der Waals surface area contributed by atoms with Crippen LogP contribution in [0.1, 0.15) is 27.4 Å². The van der Waals surface area contributed by atoms with E-state index in [4.69, 9.17) is 25.6 Å². The first kappa shape index (κ1) is 26.1. The van der Waals surface area contributed by atoms with E-state index in [1.807, 2.05) is 6.92 Å². The van der Waals surface area contributed by atoms with E-state index < -0.39 is 15.9 Å². The van der Waals surface area contributed by atoms with Crippen LogP contribution in [-0.4, -0.2) is 26.6 Å². The van der Waals surface area contributed by atoms with Crippen molar-refractivity contribution in [2.24, 2.45) is 0 Å². The van der Waals surface area contributed by atoms with Crippen LogP contribution in [0, 0.1) is 13.8 Å². The number of aromatic nitrogens is 1. The Morgan fingerprint density at radius 1 is 1.05 bits per heavy atom. The molecule has 9 nitrogen and oxygen atoms in total. The summed E-state index contributed by atoms with van der Waals surface area (Å²) in [7, 11) is -2.65. The number of sulfonamides is 1. The lowest BCUT2D eigenvalue weighted by atomic mass is 10.2. The topological polar surface area (TPSA) is 120 Å². The average molecular weight is 542 g/mol. The number of nitrogens with one attached hydrogen (secondary N) is 2. The van der Waals surface area contributed by atoms with E-state index in [9.17, 15) is 13.2 Å². The summed E-state index contributed by atoms with van der Waals surface area (Å²) in [6.07, 6.45) is 0. The monoisotopic (exact) mass is 541 g/mol. The van der Waals surface area contributed by atoms with Gasteiger partial charge in [0.15, 0.2) is 0 Å². The van der Waals surface area contributed by atoms with Crippen LogP contribution < -0.4 is 19.5 Å². The van der Waals surface area contributed by atoms with Crippen molar-refractivity contribution in [2.75, 3.05) is 17.1 Å². The number of aryl methyl sites for hydroxylation is 2. The van der Waals surface area contributed by atoms with Gasteiger partial charge < -0.3 is 19.3 Å². The summed E-state index contributed by atoms with van der Waals surface area (Å²) in [4.78, 5) is 12.7. The molecule has 11 heteroatoms. The lowest BCUT2D eigenvalue weighted by molar-refractivity contribution is 0.102. The molecule has 0 atom stereocenters. The predicted octanol–water partition coefficient (Wildman–Crippen LogP) is 5.59. The molecule has 1 aromatic heterocycles. The summed E-state index contributed by atoms with van der Waals surface area (Å²) in [6.45, 7) is 3.87. The minimum Gasteiger partial charge on any atom is -0.495 e. The molecule has 0 aliphatic rings. The molecule has 0 fully saturated rings. The number of ether oxygens (including phenoxy) is 2. The van der Waals surface area contributed by atoms with Crippen molar-refractivity contribution in [2.45, 2.75) is 25.3 Å². The molecule has 0 spiro atoms. The second-order valence-corrected chi connectivity index (χ2v) is 10.1. The van der Waals surface area contributed by atoms with Gasteiger partial charge in [0.1, 0.15) is 28.8 Å². The van der Waals surface area contributed by atoms with Gasteiger partial charge in [-0.2, -0.15) is 0 Å². The zero-order valence-corrected chi connectivity index (χ0v) is 21.8. The maximum absolute atomic E-state index is 13.1. The summed E-state index contributed by atoms with van der Waals surface area (Å²) in [6, 6.07) is 17.4. The van der Waals surface area contributed by atoms with Crippen molar-refractivity contribution in [3.63, 3.8) is 0 Å². The molecule has 192 valence electrons. The van der Waals surface area contributed by atoms with Gasteiger partial charge in [-0.25, -0.2) is 8.42 Å². The molecular formula is C26H24ClN3O6S. The molecule has 0 saturated heterocycles. The van der Waals surface area contributed by atoms with E-state index in [0.717, 1.165) is 11.3 Å². The first-order chi connectivity index (χ1) is 17.7. The van der Waals surface area contributed by atoms with E-state index in [1.165, 1.54) is 25.3 Å². The van der Waals surface area contributed by atoms with Gasteiger partial charge in [-0.3, -0.25) is 9.52 Å². The van der Waals surface area contributed by atoms with E-state index in [-0.39, 0.29) is 27.9 Å². The van der Waals surface area contributed by atoms with E-state index in [2.05, 4.69) is 15.2 Å². The van der Waals surface area contributed by atoms with Crippen LogP contribution in [0.4, 0.5) is 11.4 Å². The molecule has 0 unspecified atom stereocenters. The summed E-state index contributed by atoms with van der Waals surface area (Å²) < 4.78 is 44.8. The summed E-state index contributed by atoms with van der Waals surface area (Å²) in [5.74, 6) is 1.04. The Balaban J connectivity index is 1.50. The van der Waals surface area contributed by atoms with Gasteiger partial charge in [-0.1, -0.05) is 35.0 Å². The third kappa shape index (κ3) is 6.04. The summed E-state index contributed by atoms with van der Waals surface area (Å²) in [5.41, 5.74) is 2.40. The van der Waals surface area contributed by atoms with Crippen molar-refractivity contribution in [1.82, 2.24) is 5.16 Å². The Kier molecular flexibility index (Phi) is 7.70. The number of carbonyl (C=O) groups excluding carboxylic acids is 1. The quantitative estimate of drug-likeness (QED) is 0.283. The Labute approximate surface area is 219 Å². The molecule has 0 radical (unpaired) electrons. The first-order valence-electron chi connectivity index (χ1n) is 11.1. The van der Waals surface area contributed by atoms with Crippen LogP contribution in [0.5, 0.6) is 11.5 Å². The fourth-order valence-corrected chi connectivity index (χ4v) is 5.11. The zero-order valence-electron chi connectivity index (χ0n) is 20.2. The van der Waals surface area contributed by atoms with Crippen LogP contribution in [0.15, 0.2) is 76.1 Å². The maximum atomic E-state index is 13.1. The minimum atomic E-state index is -4.09. The molecule has 1 heterocycles. The number of carbonyl (C=O) groups is 1. The van der Waals surface area contributed by atoms with Crippen molar-refractivity contribution in [3.8, 4) is 11.5 Å². The molecule has 0 bridgehead atoms. The van der Waals surface area contributed by atoms with Gasteiger partial charge >= 0.3 is 0 Å². The standard InChI is InChI=1S/C26H24ClN3O6S/c1-16-21(17(2)36-29-16)15-35-20-8-6-7-18(13-20)26(31)28-19-11-12-22(27)25(14-19)37(32,33)30-23-9-4-5-10-24(23)34-3/h4-14,30H,15H2,1-3H3,(H,28,31). The van der Waals surface area contributed by atoms with Crippen LogP contribution in [0.3, 0.4) is 0 Å². The number of hydrogen-bond acceptors (Lipinski definition) is 7. The molecule has 37 heavy (non-hydrogen) atoms. The number of benzene rings is 3. The normalized spacial score (nSPS) is 11.1. The molecular weight excluding hydrogens is 518 g/mol. The van der Waals surface area contributed by atoms with Crippen molar-refractivity contribution >= 4 is 38.9 Å². The van der Waals surface area contributed by atoms with E-state index in [1.54, 1.807) is 55.5 Å². The Hall–Kier alpha value is -4.02.